The van der Waals surface area contributed by atoms with Gasteiger partial charge in [0.1, 0.15) is 5.69 Å². The summed E-state index contributed by atoms with van der Waals surface area (Å²) in [6, 6.07) is 4.49. The van der Waals surface area contributed by atoms with Crippen LogP contribution in [0.1, 0.15) is 10.5 Å². The zero-order valence-corrected chi connectivity index (χ0v) is 9.81. The second-order valence-corrected chi connectivity index (χ2v) is 3.46. The SMILES string of the molecule is C=CCN(CCOC)C(=O)c1cccc(=O)[nH]1. The number of nitrogens with one attached hydrogen (secondary N) is 1. The summed E-state index contributed by atoms with van der Waals surface area (Å²) in [6.45, 7) is 4.91. The molecule has 0 radical (unpaired) electrons. The van der Waals surface area contributed by atoms with E-state index < -0.39 is 0 Å². The van der Waals surface area contributed by atoms with Crippen LogP contribution in [0.4, 0.5) is 0 Å². The second kappa shape index (κ2) is 6.65. The van der Waals surface area contributed by atoms with Crippen molar-refractivity contribution in [2.75, 3.05) is 26.8 Å². The smallest absolute Gasteiger partial charge is 0.270 e. The van der Waals surface area contributed by atoms with Crippen molar-refractivity contribution in [2.24, 2.45) is 0 Å². The average Bonchev–Trinajstić information content (AvgIpc) is 2.33. The number of ether oxygens (including phenoxy) is 1. The Morgan fingerprint density at radius 1 is 1.59 bits per heavy atom. The van der Waals surface area contributed by atoms with Crippen molar-refractivity contribution < 1.29 is 9.53 Å². The van der Waals surface area contributed by atoms with Gasteiger partial charge in [-0.05, 0) is 6.07 Å². The lowest BCUT2D eigenvalue weighted by Crippen LogP contribution is -2.35. The number of amides is 1. The summed E-state index contributed by atoms with van der Waals surface area (Å²) >= 11 is 0. The Labute approximate surface area is 99.7 Å². The van der Waals surface area contributed by atoms with E-state index in [-0.39, 0.29) is 17.2 Å². The highest BCUT2D eigenvalue weighted by molar-refractivity contribution is 5.92. The summed E-state index contributed by atoms with van der Waals surface area (Å²) in [5, 5.41) is 0. The number of methoxy groups -OCH3 is 1. The van der Waals surface area contributed by atoms with Crippen LogP contribution in [-0.2, 0) is 4.74 Å². The molecule has 1 aromatic heterocycles. The molecule has 0 bridgehead atoms. The standard InChI is InChI=1S/C12H16N2O3/c1-3-7-14(8-9-17-2)12(16)10-5-4-6-11(15)13-10/h3-6H,1,7-9H2,2H3,(H,13,15). The van der Waals surface area contributed by atoms with Gasteiger partial charge in [-0.15, -0.1) is 6.58 Å². The first-order valence-electron chi connectivity index (χ1n) is 5.27. The fourth-order valence-corrected chi connectivity index (χ4v) is 1.38. The molecule has 92 valence electrons. The maximum Gasteiger partial charge on any atom is 0.270 e. The van der Waals surface area contributed by atoms with Gasteiger partial charge in [0.25, 0.3) is 5.91 Å². The van der Waals surface area contributed by atoms with E-state index in [9.17, 15) is 9.59 Å². The average molecular weight is 236 g/mol. The number of pyridine rings is 1. The number of aromatic nitrogens is 1. The summed E-state index contributed by atoms with van der Waals surface area (Å²) in [4.78, 5) is 27.2. The number of aromatic amines is 1. The molecule has 0 unspecified atom stereocenters. The predicted molar refractivity (Wildman–Crippen MR) is 65.0 cm³/mol. The molecule has 5 nitrogen and oxygen atoms in total. The number of H-pyrrole nitrogens is 1. The minimum Gasteiger partial charge on any atom is -0.383 e. The van der Waals surface area contributed by atoms with Crippen molar-refractivity contribution >= 4 is 5.91 Å². The van der Waals surface area contributed by atoms with Gasteiger partial charge in [-0.2, -0.15) is 0 Å². The van der Waals surface area contributed by atoms with Crippen molar-refractivity contribution in [2.45, 2.75) is 0 Å². The second-order valence-electron chi connectivity index (χ2n) is 3.46. The van der Waals surface area contributed by atoms with Crippen LogP contribution >= 0.6 is 0 Å². The molecule has 0 aliphatic carbocycles. The van der Waals surface area contributed by atoms with Gasteiger partial charge >= 0.3 is 0 Å². The van der Waals surface area contributed by atoms with Gasteiger partial charge in [0.05, 0.1) is 6.61 Å². The number of rotatable bonds is 6. The van der Waals surface area contributed by atoms with Gasteiger partial charge in [-0.25, -0.2) is 0 Å². The fourth-order valence-electron chi connectivity index (χ4n) is 1.38. The van der Waals surface area contributed by atoms with Crippen LogP contribution < -0.4 is 5.56 Å². The van der Waals surface area contributed by atoms with Gasteiger partial charge < -0.3 is 14.6 Å². The third kappa shape index (κ3) is 3.88. The molecule has 0 aliphatic rings. The van der Waals surface area contributed by atoms with E-state index in [0.29, 0.717) is 19.7 Å². The molecule has 1 rings (SSSR count). The Balaban J connectivity index is 2.83. The van der Waals surface area contributed by atoms with Crippen LogP contribution in [0.3, 0.4) is 0 Å². The molecule has 1 amide bonds. The van der Waals surface area contributed by atoms with Crippen molar-refractivity contribution in [3.63, 3.8) is 0 Å². The van der Waals surface area contributed by atoms with Crippen LogP contribution in [-0.4, -0.2) is 42.6 Å². The summed E-state index contributed by atoms with van der Waals surface area (Å²) < 4.78 is 4.93. The van der Waals surface area contributed by atoms with Crippen molar-refractivity contribution in [3.05, 3.63) is 46.9 Å². The summed E-state index contributed by atoms with van der Waals surface area (Å²) in [5.41, 5.74) is -0.0170. The minimum atomic E-state index is -0.291. The predicted octanol–water partition coefficient (Wildman–Crippen LogP) is 0.649. The van der Waals surface area contributed by atoms with Gasteiger partial charge in [-0.1, -0.05) is 12.1 Å². The zero-order chi connectivity index (χ0) is 12.7. The molecule has 0 saturated carbocycles. The van der Waals surface area contributed by atoms with E-state index in [4.69, 9.17) is 4.74 Å². The normalized spacial score (nSPS) is 9.94. The lowest BCUT2D eigenvalue weighted by Gasteiger charge is -2.20. The highest BCUT2D eigenvalue weighted by Crippen LogP contribution is 2.00. The maximum atomic E-state index is 12.0. The van der Waals surface area contributed by atoms with Crippen LogP contribution in [0.2, 0.25) is 0 Å². The zero-order valence-electron chi connectivity index (χ0n) is 9.81. The first kappa shape index (κ1) is 13.2. The van der Waals surface area contributed by atoms with Crippen LogP contribution in [0.15, 0.2) is 35.6 Å². The molecule has 17 heavy (non-hydrogen) atoms. The molecule has 0 spiro atoms. The highest BCUT2D eigenvalue weighted by atomic mass is 16.5. The largest absolute Gasteiger partial charge is 0.383 e. The molecule has 1 heterocycles. The Morgan fingerprint density at radius 2 is 2.35 bits per heavy atom. The van der Waals surface area contributed by atoms with E-state index >= 15 is 0 Å². The third-order valence-electron chi connectivity index (χ3n) is 2.20. The van der Waals surface area contributed by atoms with Gasteiger partial charge in [0.15, 0.2) is 0 Å². The van der Waals surface area contributed by atoms with Gasteiger partial charge in [0.2, 0.25) is 5.56 Å². The lowest BCUT2D eigenvalue weighted by molar-refractivity contribution is 0.0712. The summed E-state index contributed by atoms with van der Waals surface area (Å²) in [6.07, 6.45) is 1.63. The molecular weight excluding hydrogens is 220 g/mol. The summed E-state index contributed by atoms with van der Waals surface area (Å²) in [7, 11) is 1.57. The van der Waals surface area contributed by atoms with Crippen LogP contribution in [0.25, 0.3) is 0 Å². The number of carbonyl (C=O) groups is 1. The molecule has 0 saturated heterocycles. The van der Waals surface area contributed by atoms with Gasteiger partial charge in [-0.3, -0.25) is 9.59 Å². The summed E-state index contributed by atoms with van der Waals surface area (Å²) in [5.74, 6) is -0.236. The van der Waals surface area contributed by atoms with E-state index in [1.54, 1.807) is 30.2 Å². The Bertz CT molecular complexity index is 439. The van der Waals surface area contributed by atoms with Crippen molar-refractivity contribution in [1.82, 2.24) is 9.88 Å². The van der Waals surface area contributed by atoms with Crippen molar-refractivity contribution in [1.29, 1.82) is 0 Å². The van der Waals surface area contributed by atoms with E-state index in [1.165, 1.54) is 6.07 Å². The van der Waals surface area contributed by atoms with Crippen LogP contribution in [0.5, 0.6) is 0 Å². The van der Waals surface area contributed by atoms with Crippen molar-refractivity contribution in [3.8, 4) is 0 Å². The lowest BCUT2D eigenvalue weighted by atomic mass is 10.3. The van der Waals surface area contributed by atoms with Crippen LogP contribution in [0, 0.1) is 0 Å². The van der Waals surface area contributed by atoms with E-state index in [2.05, 4.69) is 11.6 Å². The Kier molecular flexibility index (Phi) is 5.16. The van der Waals surface area contributed by atoms with E-state index in [1.807, 2.05) is 0 Å². The quantitative estimate of drug-likeness (QED) is 0.738. The topological polar surface area (TPSA) is 62.4 Å². The molecule has 0 aliphatic heterocycles. The van der Waals surface area contributed by atoms with E-state index in [0.717, 1.165) is 0 Å². The molecule has 0 aromatic carbocycles. The molecule has 0 atom stereocenters. The number of nitrogens with zero attached hydrogens (tertiary/aromatic N) is 1. The molecule has 1 aromatic rings. The Hall–Kier alpha value is -1.88. The fraction of sp³-hybridized carbons (Fsp3) is 0.333. The highest BCUT2D eigenvalue weighted by Gasteiger charge is 2.14. The maximum absolute atomic E-state index is 12.0. The Morgan fingerprint density at radius 3 is 2.94 bits per heavy atom. The molecule has 1 N–H and O–H groups in total. The first-order valence-corrected chi connectivity index (χ1v) is 5.27. The number of hydrogen-bond acceptors (Lipinski definition) is 3. The molecule has 0 fully saturated rings. The minimum absolute atomic E-state index is 0.236. The molecule has 5 heteroatoms. The first-order chi connectivity index (χ1) is 8.19. The number of hydrogen-bond donors (Lipinski definition) is 1. The third-order valence-corrected chi connectivity index (χ3v) is 2.20. The van der Waals surface area contributed by atoms with Gasteiger partial charge in [0, 0.05) is 26.3 Å². The molecular formula is C12H16N2O3. The number of carbonyl (C=O) groups excluding carboxylic acids is 1. The monoisotopic (exact) mass is 236 g/mol.